The van der Waals surface area contributed by atoms with E-state index < -0.39 is 23.7 Å². The molecule has 0 bridgehead atoms. The van der Waals surface area contributed by atoms with Crippen LogP contribution in [0.15, 0.2) is 24.3 Å². The van der Waals surface area contributed by atoms with E-state index in [-0.39, 0.29) is 23.5 Å². The summed E-state index contributed by atoms with van der Waals surface area (Å²) in [5.74, 6) is -1.75. The standard InChI is InChI=1S/C15H15N3O4/c1-9(2)7-13(12(19)8-17-16)22-18-14(20)10-5-3-4-6-11(10)15(18)21/h3-6,8-9,13H,7H2,1-2H3/t13-/m1/s1. The monoisotopic (exact) mass is 301 g/mol. The second-order valence-corrected chi connectivity index (χ2v) is 5.32. The molecule has 7 nitrogen and oxygen atoms in total. The van der Waals surface area contributed by atoms with Crippen LogP contribution in [-0.4, -0.2) is 39.8 Å². The van der Waals surface area contributed by atoms with Crippen molar-refractivity contribution in [2.45, 2.75) is 26.4 Å². The van der Waals surface area contributed by atoms with Gasteiger partial charge in [-0.3, -0.25) is 19.2 Å². The summed E-state index contributed by atoms with van der Waals surface area (Å²) in [6.45, 7) is 3.73. The van der Waals surface area contributed by atoms with Crippen molar-refractivity contribution < 1.29 is 24.0 Å². The van der Waals surface area contributed by atoms with Crippen molar-refractivity contribution in [2.75, 3.05) is 0 Å². The minimum atomic E-state index is -1.07. The normalized spacial score (nSPS) is 14.8. The summed E-state index contributed by atoms with van der Waals surface area (Å²) in [6.07, 6.45) is -0.0955. The maximum absolute atomic E-state index is 12.2. The van der Waals surface area contributed by atoms with E-state index in [4.69, 9.17) is 10.4 Å². The van der Waals surface area contributed by atoms with Gasteiger partial charge in [0.05, 0.1) is 11.1 Å². The number of fused-ring (bicyclic) bond motifs is 1. The zero-order valence-electron chi connectivity index (χ0n) is 12.2. The summed E-state index contributed by atoms with van der Waals surface area (Å²) in [5, 5.41) is 0.598. The van der Waals surface area contributed by atoms with Crippen LogP contribution in [-0.2, 0) is 9.63 Å². The number of hydroxylamine groups is 2. The summed E-state index contributed by atoms with van der Waals surface area (Å²) in [6, 6.07) is 6.33. The molecule has 1 atom stereocenters. The summed E-state index contributed by atoms with van der Waals surface area (Å²) in [4.78, 5) is 44.3. The first-order valence-electron chi connectivity index (χ1n) is 6.81. The lowest BCUT2D eigenvalue weighted by atomic mass is 10.0. The van der Waals surface area contributed by atoms with Crippen LogP contribution in [0.3, 0.4) is 0 Å². The highest BCUT2D eigenvalue weighted by Gasteiger charge is 2.39. The molecule has 0 saturated carbocycles. The molecular formula is C15H15N3O4. The lowest BCUT2D eigenvalue weighted by molar-refractivity contribution is -0.157. The van der Waals surface area contributed by atoms with E-state index in [1.807, 2.05) is 13.8 Å². The molecule has 2 amide bonds. The van der Waals surface area contributed by atoms with E-state index in [9.17, 15) is 14.4 Å². The second kappa shape index (κ2) is 6.43. The molecular weight excluding hydrogens is 286 g/mol. The van der Waals surface area contributed by atoms with Gasteiger partial charge in [-0.2, -0.15) is 4.79 Å². The van der Waals surface area contributed by atoms with Crippen LogP contribution in [0.4, 0.5) is 0 Å². The number of hydrogen-bond acceptors (Lipinski definition) is 4. The van der Waals surface area contributed by atoms with Gasteiger partial charge in [-0.1, -0.05) is 26.0 Å². The average Bonchev–Trinajstić information content (AvgIpc) is 2.72. The van der Waals surface area contributed by atoms with Crippen molar-refractivity contribution in [2.24, 2.45) is 5.92 Å². The number of imide groups is 1. The third-order valence-corrected chi connectivity index (χ3v) is 3.18. The van der Waals surface area contributed by atoms with Gasteiger partial charge >= 0.3 is 6.21 Å². The molecule has 0 saturated heterocycles. The highest BCUT2D eigenvalue weighted by Crippen LogP contribution is 2.24. The molecule has 1 aromatic rings. The number of nitrogens with zero attached hydrogens (tertiary/aromatic N) is 3. The summed E-state index contributed by atoms with van der Waals surface area (Å²) in [7, 11) is 0. The van der Waals surface area contributed by atoms with Gasteiger partial charge < -0.3 is 5.53 Å². The number of rotatable bonds is 6. The van der Waals surface area contributed by atoms with Crippen LogP contribution >= 0.6 is 0 Å². The molecule has 2 rings (SSSR count). The predicted molar refractivity (Wildman–Crippen MR) is 76.0 cm³/mol. The van der Waals surface area contributed by atoms with Gasteiger partial charge in [0.2, 0.25) is 0 Å². The van der Waals surface area contributed by atoms with E-state index in [1.165, 1.54) is 12.1 Å². The van der Waals surface area contributed by atoms with Gasteiger partial charge in [-0.15, -0.1) is 5.06 Å². The Kier molecular flexibility index (Phi) is 4.60. The lowest BCUT2D eigenvalue weighted by Gasteiger charge is -2.20. The average molecular weight is 301 g/mol. The zero-order chi connectivity index (χ0) is 16.3. The molecule has 0 N–H and O–H groups in total. The first kappa shape index (κ1) is 15.8. The van der Waals surface area contributed by atoms with Crippen molar-refractivity contribution in [3.05, 3.63) is 40.9 Å². The van der Waals surface area contributed by atoms with Gasteiger partial charge in [0, 0.05) is 0 Å². The largest absolute Gasteiger partial charge is 0.361 e. The van der Waals surface area contributed by atoms with Gasteiger partial charge in [0.15, 0.2) is 6.10 Å². The van der Waals surface area contributed by atoms with Crippen molar-refractivity contribution >= 4 is 23.8 Å². The maximum Gasteiger partial charge on any atom is 0.326 e. The van der Waals surface area contributed by atoms with E-state index in [2.05, 4.69) is 4.79 Å². The highest BCUT2D eigenvalue weighted by molar-refractivity contribution is 6.27. The Morgan fingerprint density at radius 2 is 1.82 bits per heavy atom. The SMILES string of the molecule is CC(C)C[C@@H](ON1C(=O)c2ccccc2C1=O)C(=O)C=[N+]=[N-]. The third-order valence-electron chi connectivity index (χ3n) is 3.18. The Labute approximate surface area is 127 Å². The predicted octanol–water partition coefficient (Wildman–Crippen LogP) is 1.50. The minimum Gasteiger partial charge on any atom is -0.361 e. The highest BCUT2D eigenvalue weighted by atomic mass is 16.7. The number of Topliss-reactive ketones (excluding diaryl/α,β-unsaturated/α-hetero) is 1. The van der Waals surface area contributed by atoms with E-state index in [0.29, 0.717) is 11.3 Å². The number of carbonyl (C=O) groups excluding carboxylic acids is 3. The molecule has 1 heterocycles. The van der Waals surface area contributed by atoms with Crippen LogP contribution < -0.4 is 0 Å². The maximum atomic E-state index is 12.2. The van der Waals surface area contributed by atoms with Gasteiger partial charge in [-0.25, -0.2) is 0 Å². The Morgan fingerprint density at radius 3 is 2.27 bits per heavy atom. The van der Waals surface area contributed by atoms with E-state index in [0.717, 1.165) is 0 Å². The fourth-order valence-electron chi connectivity index (χ4n) is 2.17. The van der Waals surface area contributed by atoms with Gasteiger partial charge in [0.1, 0.15) is 0 Å². The number of benzene rings is 1. The molecule has 1 aliphatic rings. The Hall–Kier alpha value is -2.63. The number of amides is 2. The molecule has 0 fully saturated rings. The molecule has 0 aromatic heterocycles. The van der Waals surface area contributed by atoms with Crippen LogP contribution in [0, 0.1) is 5.92 Å². The molecule has 0 radical (unpaired) electrons. The first-order chi connectivity index (χ1) is 10.5. The quantitative estimate of drug-likeness (QED) is 0.344. The molecule has 22 heavy (non-hydrogen) atoms. The Bertz CT molecular complexity index is 642. The van der Waals surface area contributed by atoms with Gasteiger partial charge in [-0.05, 0) is 24.5 Å². The fourth-order valence-corrected chi connectivity index (χ4v) is 2.17. The number of carbonyl (C=O) groups is 3. The summed E-state index contributed by atoms with van der Waals surface area (Å²) < 4.78 is 0. The first-order valence-corrected chi connectivity index (χ1v) is 6.81. The van der Waals surface area contributed by atoms with Crippen LogP contribution in [0.2, 0.25) is 0 Å². The van der Waals surface area contributed by atoms with E-state index >= 15 is 0 Å². The van der Waals surface area contributed by atoms with Crippen molar-refractivity contribution in [1.29, 1.82) is 0 Å². The molecule has 0 unspecified atom stereocenters. The molecule has 7 heteroatoms. The fraction of sp³-hybridized carbons (Fsp3) is 0.333. The minimum absolute atomic E-state index is 0.0798. The Balaban J connectivity index is 2.24. The van der Waals surface area contributed by atoms with Crippen molar-refractivity contribution in [3.63, 3.8) is 0 Å². The van der Waals surface area contributed by atoms with E-state index in [1.54, 1.807) is 12.1 Å². The second-order valence-electron chi connectivity index (χ2n) is 5.32. The molecule has 0 aliphatic carbocycles. The lowest BCUT2D eigenvalue weighted by Crippen LogP contribution is -2.39. The van der Waals surface area contributed by atoms with Crippen LogP contribution in [0.1, 0.15) is 41.0 Å². The molecule has 114 valence electrons. The van der Waals surface area contributed by atoms with Crippen LogP contribution in [0.5, 0.6) is 0 Å². The summed E-state index contributed by atoms with van der Waals surface area (Å²) >= 11 is 0. The van der Waals surface area contributed by atoms with Crippen LogP contribution in [0.25, 0.3) is 5.53 Å². The Morgan fingerprint density at radius 1 is 1.27 bits per heavy atom. The zero-order valence-corrected chi connectivity index (χ0v) is 12.2. The van der Waals surface area contributed by atoms with Gasteiger partial charge in [0.25, 0.3) is 17.6 Å². The molecule has 0 spiro atoms. The smallest absolute Gasteiger partial charge is 0.326 e. The number of hydrogen-bond donors (Lipinski definition) is 0. The number of ketones is 1. The molecule has 1 aliphatic heterocycles. The van der Waals surface area contributed by atoms with Crippen molar-refractivity contribution in [3.8, 4) is 0 Å². The summed E-state index contributed by atoms with van der Waals surface area (Å²) in [5.41, 5.74) is 8.94. The molecule has 1 aromatic carbocycles. The van der Waals surface area contributed by atoms with Crippen molar-refractivity contribution in [1.82, 2.24) is 5.06 Å². The topological polar surface area (TPSA) is 100 Å². The third kappa shape index (κ3) is 3.00.